The van der Waals surface area contributed by atoms with E-state index in [4.69, 9.17) is 9.47 Å². The second-order valence-corrected chi connectivity index (χ2v) is 6.83. The van der Waals surface area contributed by atoms with Crippen molar-refractivity contribution >= 4 is 35.0 Å². The first-order valence-corrected chi connectivity index (χ1v) is 9.31. The molecule has 0 radical (unpaired) electrons. The smallest absolute Gasteiger partial charge is 0.317 e. The van der Waals surface area contributed by atoms with Gasteiger partial charge in [-0.2, -0.15) is 0 Å². The average molecular weight is 404 g/mol. The Bertz CT molecular complexity index is 886. The van der Waals surface area contributed by atoms with Crippen molar-refractivity contribution in [2.24, 2.45) is 0 Å². The molecule has 0 unspecified atom stereocenters. The maximum atomic E-state index is 12.3. The molecule has 9 heteroatoms. The number of nitro groups is 1. The molecule has 28 heavy (non-hydrogen) atoms. The lowest BCUT2D eigenvalue weighted by Gasteiger charge is -2.15. The van der Waals surface area contributed by atoms with Crippen molar-refractivity contribution in [1.82, 2.24) is 0 Å². The number of nitro benzene ring substituents is 1. The summed E-state index contributed by atoms with van der Waals surface area (Å²) in [6.07, 6.45) is -1.08. The number of amides is 1. The van der Waals surface area contributed by atoms with E-state index < -0.39 is 22.9 Å². The molecule has 0 saturated carbocycles. The first-order valence-electron chi connectivity index (χ1n) is 8.33. The lowest BCUT2D eigenvalue weighted by atomic mass is 10.2. The molecule has 0 aromatic heterocycles. The molecule has 8 nitrogen and oxygen atoms in total. The van der Waals surface area contributed by atoms with Gasteiger partial charge in [-0.1, -0.05) is 18.2 Å². The Morgan fingerprint density at radius 1 is 1.25 bits per heavy atom. The average Bonchev–Trinajstić information content (AvgIpc) is 2.67. The van der Waals surface area contributed by atoms with Crippen LogP contribution < -0.4 is 10.1 Å². The number of benzene rings is 2. The van der Waals surface area contributed by atoms with Crippen molar-refractivity contribution < 1.29 is 24.0 Å². The number of esters is 1. The van der Waals surface area contributed by atoms with E-state index in [1.54, 1.807) is 0 Å². The van der Waals surface area contributed by atoms with Crippen LogP contribution in [0.25, 0.3) is 0 Å². The van der Waals surface area contributed by atoms with Gasteiger partial charge < -0.3 is 14.8 Å². The number of non-ortho nitro benzene ring substituents is 1. The minimum Gasteiger partial charge on any atom is -0.495 e. The van der Waals surface area contributed by atoms with Crippen LogP contribution in [0, 0.1) is 17.0 Å². The third-order valence-electron chi connectivity index (χ3n) is 3.77. The number of ether oxygens (including phenoxy) is 2. The van der Waals surface area contributed by atoms with Gasteiger partial charge in [0.05, 0.1) is 23.5 Å². The molecule has 2 aromatic carbocycles. The molecule has 0 bridgehead atoms. The van der Waals surface area contributed by atoms with E-state index in [-0.39, 0.29) is 22.9 Å². The van der Waals surface area contributed by atoms with E-state index in [1.165, 1.54) is 44.0 Å². The maximum absolute atomic E-state index is 12.3. The second-order valence-electron chi connectivity index (χ2n) is 5.82. The number of rotatable bonds is 8. The highest BCUT2D eigenvalue weighted by Gasteiger charge is 2.21. The monoisotopic (exact) mass is 404 g/mol. The Kier molecular flexibility index (Phi) is 7.39. The molecular weight excluding hydrogens is 384 g/mol. The number of nitrogens with zero attached hydrogens (tertiary/aromatic N) is 1. The summed E-state index contributed by atoms with van der Waals surface area (Å²) < 4.78 is 10.2. The Hall–Kier alpha value is -3.07. The summed E-state index contributed by atoms with van der Waals surface area (Å²) in [5.41, 5.74) is 0.970. The summed E-state index contributed by atoms with van der Waals surface area (Å²) in [5.74, 6) is -0.842. The number of nitrogens with one attached hydrogen (secondary N) is 1. The largest absolute Gasteiger partial charge is 0.495 e. The van der Waals surface area contributed by atoms with Crippen LogP contribution in [-0.4, -0.2) is 35.8 Å². The van der Waals surface area contributed by atoms with Gasteiger partial charge in [-0.05, 0) is 31.5 Å². The molecular formula is C19H20N2O6S. The number of hydrogen-bond donors (Lipinski definition) is 1. The van der Waals surface area contributed by atoms with E-state index in [0.717, 1.165) is 10.5 Å². The minimum atomic E-state index is -1.08. The lowest BCUT2D eigenvalue weighted by molar-refractivity contribution is -0.384. The number of methoxy groups -OCH3 is 1. The predicted molar refractivity (Wildman–Crippen MR) is 106 cm³/mol. The van der Waals surface area contributed by atoms with Crippen molar-refractivity contribution in [1.29, 1.82) is 0 Å². The second kappa shape index (κ2) is 9.75. The Balaban J connectivity index is 1.95. The molecule has 0 spiro atoms. The van der Waals surface area contributed by atoms with Gasteiger partial charge in [0.25, 0.3) is 11.6 Å². The van der Waals surface area contributed by atoms with Gasteiger partial charge in [0.1, 0.15) is 5.75 Å². The van der Waals surface area contributed by atoms with Crippen molar-refractivity contribution in [2.75, 3.05) is 18.2 Å². The van der Waals surface area contributed by atoms with Crippen molar-refractivity contribution in [3.05, 3.63) is 58.1 Å². The number of hydrogen-bond acceptors (Lipinski definition) is 7. The molecule has 148 valence electrons. The van der Waals surface area contributed by atoms with Gasteiger partial charge >= 0.3 is 5.97 Å². The highest BCUT2D eigenvalue weighted by molar-refractivity contribution is 8.00. The number of aryl methyl sites for hydroxylation is 1. The summed E-state index contributed by atoms with van der Waals surface area (Å²) in [6, 6.07) is 11.5. The van der Waals surface area contributed by atoms with E-state index in [2.05, 4.69) is 5.32 Å². The molecule has 1 atom stereocenters. The molecule has 0 aliphatic heterocycles. The van der Waals surface area contributed by atoms with Crippen LogP contribution in [0.3, 0.4) is 0 Å². The summed E-state index contributed by atoms with van der Waals surface area (Å²) in [7, 11) is 1.38. The number of thioether (sulfide) groups is 1. The van der Waals surface area contributed by atoms with Crippen LogP contribution in [0.2, 0.25) is 0 Å². The molecule has 1 N–H and O–H groups in total. The van der Waals surface area contributed by atoms with E-state index in [9.17, 15) is 19.7 Å². The van der Waals surface area contributed by atoms with Gasteiger partial charge in [0.2, 0.25) is 0 Å². The van der Waals surface area contributed by atoms with Gasteiger partial charge in [-0.25, -0.2) is 0 Å². The van der Waals surface area contributed by atoms with Gasteiger partial charge in [-0.15, -0.1) is 11.8 Å². The van der Waals surface area contributed by atoms with Gasteiger partial charge in [0, 0.05) is 17.0 Å². The van der Waals surface area contributed by atoms with Crippen LogP contribution in [0.15, 0.2) is 47.4 Å². The minimum absolute atomic E-state index is 0.0581. The van der Waals surface area contributed by atoms with Crippen LogP contribution in [0.5, 0.6) is 5.75 Å². The lowest BCUT2D eigenvalue weighted by Crippen LogP contribution is -2.30. The van der Waals surface area contributed by atoms with Crippen molar-refractivity contribution in [2.45, 2.75) is 24.8 Å². The van der Waals surface area contributed by atoms with E-state index in [0.29, 0.717) is 0 Å². The first-order chi connectivity index (χ1) is 13.3. The van der Waals surface area contributed by atoms with Gasteiger partial charge in [0.15, 0.2) is 6.10 Å². The van der Waals surface area contributed by atoms with Crippen LogP contribution in [0.4, 0.5) is 11.4 Å². The topological polar surface area (TPSA) is 108 Å². The SMILES string of the molecule is COc1ccc([N+](=O)[O-])cc1NC(=O)[C@@H](C)OC(=O)CSc1ccccc1C. The Morgan fingerprint density at radius 3 is 2.61 bits per heavy atom. The third kappa shape index (κ3) is 5.71. The first kappa shape index (κ1) is 21.2. The van der Waals surface area contributed by atoms with Crippen molar-refractivity contribution in [3.8, 4) is 5.75 Å². The molecule has 0 heterocycles. The summed E-state index contributed by atoms with van der Waals surface area (Å²) in [5, 5.41) is 13.4. The molecule has 0 aliphatic rings. The standard InChI is InChI=1S/C19H20N2O6S/c1-12-6-4-5-7-17(12)28-11-18(22)27-13(2)19(23)20-15-10-14(21(24)25)8-9-16(15)26-3/h4-10,13H,11H2,1-3H3,(H,20,23)/t13-/m1/s1. The normalized spacial score (nSPS) is 11.4. The highest BCUT2D eigenvalue weighted by Crippen LogP contribution is 2.29. The molecule has 2 aromatic rings. The van der Waals surface area contributed by atoms with Gasteiger partial charge in [-0.3, -0.25) is 19.7 Å². The molecule has 0 saturated heterocycles. The number of carbonyl (C=O) groups excluding carboxylic acids is 2. The van der Waals surface area contributed by atoms with E-state index in [1.807, 2.05) is 31.2 Å². The fourth-order valence-corrected chi connectivity index (χ4v) is 3.09. The van der Waals surface area contributed by atoms with E-state index >= 15 is 0 Å². The zero-order valence-corrected chi connectivity index (χ0v) is 16.4. The van der Waals surface area contributed by atoms with Crippen LogP contribution in [0.1, 0.15) is 12.5 Å². The molecule has 0 aliphatic carbocycles. The molecule has 0 fully saturated rings. The zero-order chi connectivity index (χ0) is 20.7. The molecule has 2 rings (SSSR count). The Morgan fingerprint density at radius 2 is 1.96 bits per heavy atom. The number of carbonyl (C=O) groups is 2. The summed E-state index contributed by atoms with van der Waals surface area (Å²) in [4.78, 5) is 35.6. The van der Waals surface area contributed by atoms with Crippen LogP contribution >= 0.6 is 11.8 Å². The van der Waals surface area contributed by atoms with Crippen molar-refractivity contribution in [3.63, 3.8) is 0 Å². The summed E-state index contributed by atoms with van der Waals surface area (Å²) >= 11 is 1.32. The highest BCUT2D eigenvalue weighted by atomic mass is 32.2. The maximum Gasteiger partial charge on any atom is 0.317 e. The zero-order valence-electron chi connectivity index (χ0n) is 15.6. The quantitative estimate of drug-likeness (QED) is 0.310. The number of anilines is 1. The fourth-order valence-electron chi connectivity index (χ4n) is 2.28. The fraction of sp³-hybridized carbons (Fsp3) is 0.263. The predicted octanol–water partition coefficient (Wildman–Crippen LogP) is 3.57. The molecule has 1 amide bonds. The Labute approximate surface area is 166 Å². The summed E-state index contributed by atoms with van der Waals surface area (Å²) in [6.45, 7) is 3.37. The van der Waals surface area contributed by atoms with Crippen LogP contribution in [-0.2, 0) is 14.3 Å². The third-order valence-corrected chi connectivity index (χ3v) is 4.92.